The molecule has 5 radical (unpaired) electrons. The van der Waals surface area contributed by atoms with Gasteiger partial charge in [0.05, 0.1) is 0 Å². The van der Waals surface area contributed by atoms with Crippen LogP contribution in [0.2, 0.25) is 0 Å². The van der Waals surface area contributed by atoms with E-state index in [1.54, 1.807) is 0 Å². The van der Waals surface area contributed by atoms with Crippen LogP contribution >= 0.6 is 0 Å². The van der Waals surface area contributed by atoms with E-state index in [1.807, 2.05) is 0 Å². The number of hydrogen-bond donors (Lipinski definition) is 0. The summed E-state index contributed by atoms with van der Waals surface area (Å²) in [6, 6.07) is 0. The molecule has 0 saturated heterocycles. The molecule has 0 aliphatic heterocycles. The van der Waals surface area contributed by atoms with Crippen molar-refractivity contribution < 1.29 is 184 Å². The molecule has 0 unspecified atom stereocenters. The quantitative estimate of drug-likeness (QED) is 0.204. The van der Waals surface area contributed by atoms with Gasteiger partial charge in [-0.25, -0.2) is 0 Å². The zero-order valence-electron chi connectivity index (χ0n) is 25.1. The van der Waals surface area contributed by atoms with Gasteiger partial charge in [-0.15, -0.1) is 0 Å². The number of carbonyl (C=O) groups excluding carboxylic acids is 10. The zero-order chi connectivity index (χ0) is 35.8. The average molecular weight is 865 g/mol. The van der Waals surface area contributed by atoms with Crippen LogP contribution in [-0.4, -0.2) is 59.7 Å². The maximum atomic E-state index is 8.89. The van der Waals surface area contributed by atoms with Crippen molar-refractivity contribution >= 4 is 59.7 Å². The van der Waals surface area contributed by atoms with Crippen LogP contribution < -0.4 is 51.1 Å². The third-order valence-corrected chi connectivity index (χ3v) is 0. The van der Waals surface area contributed by atoms with Crippen molar-refractivity contribution in [3.63, 3.8) is 0 Å². The second-order valence-corrected chi connectivity index (χ2v) is 4.92. The van der Waals surface area contributed by atoms with Gasteiger partial charge in [0.2, 0.25) is 0 Å². The van der Waals surface area contributed by atoms with E-state index in [-0.39, 0.29) is 85.3 Å². The van der Waals surface area contributed by atoms with E-state index in [1.165, 1.54) is 0 Å². The Morgan fingerprint density at radius 3 is 0.200 bits per heavy atom. The molecule has 0 aromatic rings. The standard InChI is InChI=1S/10C2H4O2.5Mn/c10*1-2(3)4;;;;;/h10*1H3,(H,3,4);;;;;/q;;;;;;;;;;5*+2/p-10. The van der Waals surface area contributed by atoms with Crippen molar-refractivity contribution in [1.82, 2.24) is 0 Å². The fraction of sp³-hybridized carbons (Fsp3) is 0.500. The number of hydrogen-bond acceptors (Lipinski definition) is 20. The van der Waals surface area contributed by atoms with Crippen molar-refractivity contribution in [1.29, 1.82) is 0 Å². The number of carbonyl (C=O) groups is 10. The third-order valence-electron chi connectivity index (χ3n) is 0. The monoisotopic (exact) mass is 865 g/mol. The van der Waals surface area contributed by atoms with Gasteiger partial charge in [-0.3, -0.25) is 0 Å². The van der Waals surface area contributed by atoms with Crippen LogP contribution in [0.4, 0.5) is 0 Å². The first-order valence-electron chi connectivity index (χ1n) is 9.08. The number of aliphatic carboxylic acids is 10. The molecule has 0 rings (SSSR count). The molecular weight excluding hydrogens is 835 g/mol. The molecular formula is C20H30Mn5O20. The summed E-state index contributed by atoms with van der Waals surface area (Å²) in [5.41, 5.74) is 0. The number of carboxylic acid groups (broad SMARTS) is 10. The van der Waals surface area contributed by atoms with Gasteiger partial charge in [0.25, 0.3) is 0 Å². The van der Waals surface area contributed by atoms with Crippen molar-refractivity contribution in [2.75, 3.05) is 0 Å². The predicted octanol–water partition coefficient (Wildman–Crippen LogP) is -12.5. The van der Waals surface area contributed by atoms with Crippen LogP contribution in [0.5, 0.6) is 0 Å². The van der Waals surface area contributed by atoms with E-state index >= 15 is 0 Å². The largest absolute Gasteiger partial charge is 2.00 e. The minimum absolute atomic E-state index is 0. The summed E-state index contributed by atoms with van der Waals surface area (Å²) in [5.74, 6) is -10.8. The topological polar surface area (TPSA) is 401 Å². The summed E-state index contributed by atoms with van der Waals surface area (Å²) in [7, 11) is 0. The molecule has 20 nitrogen and oxygen atoms in total. The second-order valence-electron chi connectivity index (χ2n) is 4.92. The van der Waals surface area contributed by atoms with Crippen LogP contribution in [0.25, 0.3) is 0 Å². The summed E-state index contributed by atoms with van der Waals surface area (Å²) < 4.78 is 0. The SMILES string of the molecule is CC(=O)[O-].CC(=O)[O-].CC(=O)[O-].CC(=O)[O-].CC(=O)[O-].CC(=O)[O-].CC(=O)[O-].CC(=O)[O-].CC(=O)[O-].CC(=O)[O-].[Mn+2].[Mn+2].[Mn+2].[Mn+2].[Mn+2]. The Balaban J connectivity index is -0.0000000169. The molecule has 45 heavy (non-hydrogen) atoms. The minimum Gasteiger partial charge on any atom is -0.550 e. The van der Waals surface area contributed by atoms with E-state index < -0.39 is 59.7 Å². The molecule has 25 heteroatoms. The Kier molecular flexibility index (Phi) is 194. The Hall–Kier alpha value is -2.70. The average Bonchev–Trinajstić information content (AvgIpc) is 2.47. The molecule has 0 saturated carbocycles. The van der Waals surface area contributed by atoms with Crippen LogP contribution in [0.1, 0.15) is 69.2 Å². The summed E-state index contributed by atoms with van der Waals surface area (Å²) in [6.45, 7) is 9.72. The van der Waals surface area contributed by atoms with Crippen LogP contribution in [0.15, 0.2) is 0 Å². The molecule has 0 spiro atoms. The van der Waals surface area contributed by atoms with Gasteiger partial charge >= 0.3 is 85.3 Å². The van der Waals surface area contributed by atoms with Crippen LogP contribution in [0.3, 0.4) is 0 Å². The van der Waals surface area contributed by atoms with Crippen LogP contribution in [-0.2, 0) is 133 Å². The fourth-order valence-electron chi connectivity index (χ4n) is 0. The first-order valence-corrected chi connectivity index (χ1v) is 9.08. The van der Waals surface area contributed by atoms with Gasteiger partial charge in [-0.2, -0.15) is 0 Å². The number of rotatable bonds is 0. The minimum atomic E-state index is -1.08. The molecule has 0 heterocycles. The Morgan fingerprint density at radius 1 is 0.200 bits per heavy atom. The van der Waals surface area contributed by atoms with Crippen molar-refractivity contribution in [3.05, 3.63) is 0 Å². The third kappa shape index (κ3) is 8730. The molecule has 0 atom stereocenters. The first kappa shape index (κ1) is 96.8. The summed E-state index contributed by atoms with van der Waals surface area (Å²) in [6.07, 6.45) is 0. The first-order chi connectivity index (χ1) is 17.3. The van der Waals surface area contributed by atoms with E-state index in [0.717, 1.165) is 69.2 Å². The molecule has 265 valence electrons. The van der Waals surface area contributed by atoms with Crippen molar-refractivity contribution in [2.45, 2.75) is 69.2 Å². The Bertz CT molecular complexity index is 492. The van der Waals surface area contributed by atoms with E-state index in [2.05, 4.69) is 0 Å². The summed E-state index contributed by atoms with van der Waals surface area (Å²) in [4.78, 5) is 88.9. The molecule has 0 aromatic heterocycles. The molecule has 0 aliphatic carbocycles. The van der Waals surface area contributed by atoms with Gasteiger partial charge < -0.3 is 99.0 Å². The summed E-state index contributed by atoms with van der Waals surface area (Å²) >= 11 is 0. The maximum Gasteiger partial charge on any atom is 2.00 e. The van der Waals surface area contributed by atoms with Gasteiger partial charge in [-0.1, -0.05) is 0 Å². The van der Waals surface area contributed by atoms with Gasteiger partial charge in [0.1, 0.15) is 0 Å². The zero-order valence-corrected chi connectivity index (χ0v) is 31.0. The molecule has 0 amide bonds. The van der Waals surface area contributed by atoms with E-state index in [9.17, 15) is 0 Å². The molecule has 0 bridgehead atoms. The van der Waals surface area contributed by atoms with Crippen molar-refractivity contribution in [3.8, 4) is 0 Å². The van der Waals surface area contributed by atoms with E-state index in [4.69, 9.17) is 99.0 Å². The Morgan fingerprint density at radius 2 is 0.200 bits per heavy atom. The summed E-state index contributed by atoms with van der Waals surface area (Å²) in [5, 5.41) is 88.9. The predicted molar refractivity (Wildman–Crippen MR) is 107 cm³/mol. The number of carboxylic acids is 10. The van der Waals surface area contributed by atoms with Crippen molar-refractivity contribution in [2.24, 2.45) is 0 Å². The van der Waals surface area contributed by atoms with Gasteiger partial charge in [-0.05, 0) is 69.2 Å². The maximum absolute atomic E-state index is 8.89. The smallest absolute Gasteiger partial charge is 0.550 e. The van der Waals surface area contributed by atoms with E-state index in [0.29, 0.717) is 0 Å². The van der Waals surface area contributed by atoms with Gasteiger partial charge in [0, 0.05) is 59.7 Å². The second kappa shape index (κ2) is 90.0. The molecule has 0 fully saturated rings. The fourth-order valence-corrected chi connectivity index (χ4v) is 0. The molecule has 0 N–H and O–H groups in total. The Labute approximate surface area is 311 Å². The molecule has 0 aliphatic rings. The van der Waals surface area contributed by atoms with Crippen LogP contribution in [0, 0.1) is 0 Å². The van der Waals surface area contributed by atoms with Gasteiger partial charge in [0.15, 0.2) is 0 Å². The molecule has 0 aromatic carbocycles. The normalized spacial score (nSPS) is 5.56.